The van der Waals surface area contributed by atoms with Crippen LogP contribution >= 0.6 is 0 Å². The summed E-state index contributed by atoms with van der Waals surface area (Å²) in [5, 5.41) is 2.77. The maximum absolute atomic E-state index is 12.6. The maximum Gasteiger partial charge on any atom is 0.255 e. The van der Waals surface area contributed by atoms with Gasteiger partial charge in [-0.2, -0.15) is 0 Å². The number of benzene rings is 1. The van der Waals surface area contributed by atoms with Gasteiger partial charge in [0, 0.05) is 24.7 Å². The molecule has 2 unspecified atom stereocenters. The number of rotatable bonds is 6. The van der Waals surface area contributed by atoms with E-state index in [0.29, 0.717) is 5.69 Å². The van der Waals surface area contributed by atoms with Crippen molar-refractivity contribution >= 4 is 27.4 Å². The van der Waals surface area contributed by atoms with E-state index in [2.05, 4.69) is 19.9 Å². The number of anilines is 2. The number of sulfonamides is 1. The smallest absolute Gasteiger partial charge is 0.255 e. The Morgan fingerprint density at radius 2 is 1.87 bits per heavy atom. The highest BCUT2D eigenvalue weighted by molar-refractivity contribution is 7.89. The molecule has 1 aromatic carbocycles. The van der Waals surface area contributed by atoms with Crippen LogP contribution in [0.5, 0.6) is 0 Å². The van der Waals surface area contributed by atoms with E-state index >= 15 is 0 Å². The standard InChI is InChI=1S/C21H28N4O4S/c1-14(2)24-30(27,28)19-7-5-6-17(10-19)21(26)23-18-8-9-20(22-11-18)25-12-15(3)29-16(4)13-25/h5-11,14-16,24H,12-13H2,1-4H3,(H,23,26). The number of pyridine rings is 1. The molecule has 9 heteroatoms. The molecule has 2 atom stereocenters. The van der Waals surface area contributed by atoms with Gasteiger partial charge in [-0.3, -0.25) is 4.79 Å². The molecular formula is C21H28N4O4S. The van der Waals surface area contributed by atoms with Crippen molar-refractivity contribution in [3.63, 3.8) is 0 Å². The molecule has 2 N–H and O–H groups in total. The van der Waals surface area contributed by atoms with Crippen LogP contribution in [0, 0.1) is 0 Å². The monoisotopic (exact) mass is 432 g/mol. The van der Waals surface area contributed by atoms with E-state index in [1.165, 1.54) is 12.1 Å². The molecule has 30 heavy (non-hydrogen) atoms. The Morgan fingerprint density at radius 3 is 2.47 bits per heavy atom. The maximum atomic E-state index is 12.6. The number of carbonyl (C=O) groups excluding carboxylic acids is 1. The third kappa shape index (κ3) is 5.56. The van der Waals surface area contributed by atoms with E-state index in [-0.39, 0.29) is 28.7 Å². The molecule has 1 aliphatic rings. The van der Waals surface area contributed by atoms with Gasteiger partial charge in [0.05, 0.1) is 29.0 Å². The van der Waals surface area contributed by atoms with Crippen LogP contribution in [0.4, 0.5) is 11.5 Å². The van der Waals surface area contributed by atoms with Crippen LogP contribution in [0.15, 0.2) is 47.5 Å². The normalized spacial score (nSPS) is 19.7. The molecule has 2 aromatic rings. The summed E-state index contributed by atoms with van der Waals surface area (Å²) in [6, 6.07) is 9.34. The summed E-state index contributed by atoms with van der Waals surface area (Å²) in [4.78, 5) is 19.3. The Labute approximate surface area is 177 Å². The van der Waals surface area contributed by atoms with Gasteiger partial charge < -0.3 is 15.0 Å². The molecule has 3 rings (SSSR count). The Balaban J connectivity index is 1.70. The Bertz CT molecular complexity index is 982. The van der Waals surface area contributed by atoms with E-state index < -0.39 is 15.9 Å². The van der Waals surface area contributed by atoms with E-state index in [4.69, 9.17) is 4.74 Å². The Kier molecular flexibility index (Phi) is 6.74. The topological polar surface area (TPSA) is 101 Å². The second-order valence-corrected chi connectivity index (χ2v) is 9.54. The van der Waals surface area contributed by atoms with Crippen molar-refractivity contribution in [1.29, 1.82) is 0 Å². The van der Waals surface area contributed by atoms with E-state index in [9.17, 15) is 13.2 Å². The third-order valence-electron chi connectivity index (χ3n) is 4.55. The number of hydrogen-bond donors (Lipinski definition) is 2. The van der Waals surface area contributed by atoms with Crippen molar-refractivity contribution in [1.82, 2.24) is 9.71 Å². The lowest BCUT2D eigenvalue weighted by Gasteiger charge is -2.36. The number of amides is 1. The molecule has 0 aliphatic carbocycles. The van der Waals surface area contributed by atoms with Gasteiger partial charge >= 0.3 is 0 Å². The molecular weight excluding hydrogens is 404 g/mol. The van der Waals surface area contributed by atoms with Crippen molar-refractivity contribution in [3.05, 3.63) is 48.2 Å². The van der Waals surface area contributed by atoms with Crippen molar-refractivity contribution in [2.45, 2.75) is 50.8 Å². The van der Waals surface area contributed by atoms with E-state index in [1.54, 1.807) is 38.2 Å². The number of hydrogen-bond acceptors (Lipinski definition) is 6. The fourth-order valence-corrected chi connectivity index (χ4v) is 4.69. The first-order valence-electron chi connectivity index (χ1n) is 9.94. The highest BCUT2D eigenvalue weighted by atomic mass is 32.2. The van der Waals surface area contributed by atoms with Crippen molar-refractivity contribution in [2.24, 2.45) is 0 Å². The number of morpholine rings is 1. The van der Waals surface area contributed by atoms with Gasteiger partial charge in [-0.25, -0.2) is 18.1 Å². The molecule has 1 aromatic heterocycles. The van der Waals surface area contributed by atoms with Gasteiger partial charge in [-0.15, -0.1) is 0 Å². The van der Waals surface area contributed by atoms with Crippen LogP contribution in [0.25, 0.3) is 0 Å². The average molecular weight is 433 g/mol. The average Bonchev–Trinajstić information content (AvgIpc) is 2.67. The minimum Gasteiger partial charge on any atom is -0.372 e. The molecule has 1 aliphatic heterocycles. The highest BCUT2D eigenvalue weighted by Crippen LogP contribution is 2.20. The summed E-state index contributed by atoms with van der Waals surface area (Å²) in [5.74, 6) is 0.419. The van der Waals surface area contributed by atoms with Crippen molar-refractivity contribution < 1.29 is 17.9 Å². The second kappa shape index (κ2) is 9.11. The van der Waals surface area contributed by atoms with Gasteiger partial charge in [0.25, 0.3) is 5.91 Å². The lowest BCUT2D eigenvalue weighted by Crippen LogP contribution is -2.45. The van der Waals surface area contributed by atoms with Gasteiger partial charge in [0.2, 0.25) is 10.0 Å². The zero-order chi connectivity index (χ0) is 21.9. The molecule has 162 valence electrons. The predicted octanol–water partition coefficient (Wildman–Crippen LogP) is 2.63. The molecule has 1 fully saturated rings. The molecule has 1 saturated heterocycles. The summed E-state index contributed by atoms with van der Waals surface area (Å²) in [7, 11) is -3.67. The van der Waals surface area contributed by atoms with Crippen LogP contribution in [-0.4, -0.2) is 50.6 Å². The zero-order valence-electron chi connectivity index (χ0n) is 17.6. The van der Waals surface area contributed by atoms with Gasteiger partial charge in [0.15, 0.2) is 0 Å². The lowest BCUT2D eigenvalue weighted by atomic mass is 10.2. The van der Waals surface area contributed by atoms with Crippen LogP contribution < -0.4 is 14.9 Å². The molecule has 8 nitrogen and oxygen atoms in total. The minimum atomic E-state index is -3.67. The number of carbonyl (C=O) groups is 1. The largest absolute Gasteiger partial charge is 0.372 e. The fraction of sp³-hybridized carbons (Fsp3) is 0.429. The van der Waals surface area contributed by atoms with Crippen molar-refractivity contribution in [3.8, 4) is 0 Å². The molecule has 0 bridgehead atoms. The minimum absolute atomic E-state index is 0.0490. The van der Waals surface area contributed by atoms with Crippen LogP contribution in [0.3, 0.4) is 0 Å². The summed E-state index contributed by atoms with van der Waals surface area (Å²) in [6.45, 7) is 9.06. The fourth-order valence-electron chi connectivity index (χ4n) is 3.40. The van der Waals surface area contributed by atoms with Crippen molar-refractivity contribution in [2.75, 3.05) is 23.3 Å². The SMILES string of the molecule is CC(C)NS(=O)(=O)c1cccc(C(=O)Nc2ccc(N3CC(C)OC(C)C3)nc2)c1. The van der Waals surface area contributed by atoms with Gasteiger partial charge in [-0.1, -0.05) is 6.07 Å². The predicted molar refractivity (Wildman–Crippen MR) is 116 cm³/mol. The first kappa shape index (κ1) is 22.2. The summed E-state index contributed by atoms with van der Waals surface area (Å²) < 4.78 is 32.9. The first-order chi connectivity index (χ1) is 14.1. The number of aromatic nitrogens is 1. The van der Waals surface area contributed by atoms with Gasteiger partial charge in [-0.05, 0) is 58.0 Å². The third-order valence-corrected chi connectivity index (χ3v) is 6.20. The number of nitrogens with one attached hydrogen (secondary N) is 2. The molecule has 0 saturated carbocycles. The Hall–Kier alpha value is -2.49. The quantitative estimate of drug-likeness (QED) is 0.728. The summed E-state index contributed by atoms with van der Waals surface area (Å²) in [6.07, 6.45) is 1.85. The van der Waals surface area contributed by atoms with Crippen LogP contribution in [-0.2, 0) is 14.8 Å². The lowest BCUT2D eigenvalue weighted by molar-refractivity contribution is -0.00545. The highest BCUT2D eigenvalue weighted by Gasteiger charge is 2.23. The summed E-state index contributed by atoms with van der Waals surface area (Å²) in [5.41, 5.74) is 0.785. The van der Waals surface area contributed by atoms with Crippen LogP contribution in [0.2, 0.25) is 0 Å². The van der Waals surface area contributed by atoms with E-state index in [0.717, 1.165) is 18.9 Å². The van der Waals surface area contributed by atoms with Gasteiger partial charge in [0.1, 0.15) is 5.82 Å². The van der Waals surface area contributed by atoms with Crippen LogP contribution in [0.1, 0.15) is 38.1 Å². The molecule has 0 spiro atoms. The zero-order valence-corrected chi connectivity index (χ0v) is 18.4. The number of ether oxygens (including phenoxy) is 1. The Morgan fingerprint density at radius 1 is 1.17 bits per heavy atom. The number of nitrogens with zero attached hydrogens (tertiary/aromatic N) is 2. The molecule has 2 heterocycles. The molecule has 0 radical (unpaired) electrons. The summed E-state index contributed by atoms with van der Waals surface area (Å²) >= 11 is 0. The van der Waals surface area contributed by atoms with E-state index in [1.807, 2.05) is 19.9 Å². The first-order valence-corrected chi connectivity index (χ1v) is 11.4. The molecule has 1 amide bonds. The second-order valence-electron chi connectivity index (χ2n) is 7.83.